The maximum absolute atomic E-state index is 13.6. The van der Waals surface area contributed by atoms with Crippen molar-refractivity contribution in [1.82, 2.24) is 9.78 Å². The van der Waals surface area contributed by atoms with E-state index in [4.69, 9.17) is 5.11 Å². The Kier molecular flexibility index (Phi) is 4.02. The van der Waals surface area contributed by atoms with Crippen molar-refractivity contribution in [3.8, 4) is 5.75 Å². The summed E-state index contributed by atoms with van der Waals surface area (Å²) in [5.74, 6) is -1.30. The number of carbonyl (C=O) groups is 1. The predicted octanol–water partition coefficient (Wildman–Crippen LogP) is 2.56. The average molecular weight is 277 g/mol. The van der Waals surface area contributed by atoms with Crippen LogP contribution in [0.15, 0.2) is 24.3 Å². The molecule has 2 N–H and O–H groups in total. The molecule has 1 amide bonds. The molecule has 0 saturated carbocycles. The highest BCUT2D eigenvalue weighted by Crippen LogP contribution is 2.20. The van der Waals surface area contributed by atoms with E-state index >= 15 is 0 Å². The highest BCUT2D eigenvalue weighted by atomic mass is 19.1. The fourth-order valence-corrected chi connectivity index (χ4v) is 1.86. The van der Waals surface area contributed by atoms with Crippen LogP contribution >= 0.6 is 0 Å². The monoisotopic (exact) mass is 277 g/mol. The molecule has 0 aliphatic rings. The van der Waals surface area contributed by atoms with Crippen molar-refractivity contribution in [3.05, 3.63) is 41.5 Å². The second kappa shape index (κ2) is 5.73. The summed E-state index contributed by atoms with van der Waals surface area (Å²) in [7, 11) is 0. The maximum Gasteiger partial charge on any atom is 0.274 e. The zero-order valence-electron chi connectivity index (χ0n) is 11.4. The van der Waals surface area contributed by atoms with Crippen LogP contribution in [0, 0.1) is 5.82 Å². The molecule has 0 bridgehead atoms. The number of rotatable bonds is 4. The van der Waals surface area contributed by atoms with Gasteiger partial charge < -0.3 is 10.4 Å². The zero-order chi connectivity index (χ0) is 14.7. The molecule has 0 radical (unpaired) electrons. The molecular formula is C14H16FN3O2. The minimum absolute atomic E-state index is 0.0229. The van der Waals surface area contributed by atoms with E-state index in [0.717, 1.165) is 18.2 Å². The number of aromatic hydroxyl groups is 1. The van der Waals surface area contributed by atoms with E-state index in [2.05, 4.69) is 10.4 Å². The van der Waals surface area contributed by atoms with Gasteiger partial charge in [0.2, 0.25) is 0 Å². The normalized spacial score (nSPS) is 10.6. The summed E-state index contributed by atoms with van der Waals surface area (Å²) < 4.78 is 15.2. The summed E-state index contributed by atoms with van der Waals surface area (Å²) in [5.41, 5.74) is 1.22. The molecule has 1 heterocycles. The van der Waals surface area contributed by atoms with E-state index in [1.54, 1.807) is 10.7 Å². The first-order chi connectivity index (χ1) is 9.55. The number of carbonyl (C=O) groups excluding carboxylic acids is 1. The van der Waals surface area contributed by atoms with E-state index < -0.39 is 11.7 Å². The van der Waals surface area contributed by atoms with E-state index in [0.29, 0.717) is 12.2 Å². The van der Waals surface area contributed by atoms with Gasteiger partial charge in [0.25, 0.3) is 5.91 Å². The summed E-state index contributed by atoms with van der Waals surface area (Å²) in [6, 6.07) is 5.27. The minimum Gasteiger partial charge on any atom is -0.508 e. The van der Waals surface area contributed by atoms with Gasteiger partial charge in [0.15, 0.2) is 0 Å². The number of nitrogens with one attached hydrogen (secondary N) is 1. The van der Waals surface area contributed by atoms with Crippen molar-refractivity contribution in [2.75, 3.05) is 5.32 Å². The lowest BCUT2D eigenvalue weighted by molar-refractivity contribution is 0.101. The Hall–Kier alpha value is -2.37. The number of hydrogen-bond acceptors (Lipinski definition) is 3. The number of phenols is 1. The third kappa shape index (κ3) is 2.79. The van der Waals surface area contributed by atoms with Crippen molar-refractivity contribution in [2.24, 2.45) is 0 Å². The standard InChI is InChI=1S/C14H16FN3O2/c1-3-9-7-13(18(4-2)17-9)14(20)16-12-6-5-10(19)8-11(12)15/h5-8,19H,3-4H2,1-2H3,(H,16,20). The van der Waals surface area contributed by atoms with Gasteiger partial charge in [0, 0.05) is 12.6 Å². The lowest BCUT2D eigenvalue weighted by Crippen LogP contribution is -2.18. The lowest BCUT2D eigenvalue weighted by atomic mass is 10.2. The van der Waals surface area contributed by atoms with Gasteiger partial charge in [-0.05, 0) is 31.5 Å². The largest absolute Gasteiger partial charge is 0.508 e. The van der Waals surface area contributed by atoms with Crippen molar-refractivity contribution in [2.45, 2.75) is 26.8 Å². The van der Waals surface area contributed by atoms with E-state index in [1.165, 1.54) is 12.1 Å². The Morgan fingerprint density at radius 1 is 1.40 bits per heavy atom. The number of aromatic nitrogens is 2. The lowest BCUT2D eigenvalue weighted by Gasteiger charge is -2.07. The molecule has 106 valence electrons. The van der Waals surface area contributed by atoms with E-state index in [-0.39, 0.29) is 11.4 Å². The van der Waals surface area contributed by atoms with E-state index in [9.17, 15) is 9.18 Å². The first-order valence-corrected chi connectivity index (χ1v) is 6.41. The predicted molar refractivity (Wildman–Crippen MR) is 73.3 cm³/mol. The van der Waals surface area contributed by atoms with Crippen LogP contribution in [0.2, 0.25) is 0 Å². The fraction of sp³-hybridized carbons (Fsp3) is 0.286. The molecule has 20 heavy (non-hydrogen) atoms. The highest BCUT2D eigenvalue weighted by Gasteiger charge is 2.15. The van der Waals surface area contributed by atoms with Crippen LogP contribution in [-0.4, -0.2) is 20.8 Å². The number of hydrogen-bond donors (Lipinski definition) is 2. The number of halogens is 1. The highest BCUT2D eigenvalue weighted by molar-refractivity contribution is 6.03. The summed E-state index contributed by atoms with van der Waals surface area (Å²) in [6.45, 7) is 4.38. The number of anilines is 1. The van der Waals surface area contributed by atoms with Crippen LogP contribution in [0.1, 0.15) is 30.0 Å². The Morgan fingerprint density at radius 3 is 2.75 bits per heavy atom. The van der Waals surface area contributed by atoms with Crippen LogP contribution in [0.5, 0.6) is 5.75 Å². The summed E-state index contributed by atoms with van der Waals surface area (Å²) in [6.07, 6.45) is 0.723. The first-order valence-electron chi connectivity index (χ1n) is 6.41. The molecule has 0 spiro atoms. The Labute approximate surface area is 116 Å². The number of phenolic OH excluding ortho intramolecular Hbond substituents is 1. The van der Waals surface area contributed by atoms with Crippen molar-refractivity contribution < 1.29 is 14.3 Å². The zero-order valence-corrected chi connectivity index (χ0v) is 11.4. The molecule has 0 fully saturated rings. The molecule has 5 nitrogen and oxygen atoms in total. The fourth-order valence-electron chi connectivity index (χ4n) is 1.86. The Balaban J connectivity index is 2.25. The van der Waals surface area contributed by atoms with Gasteiger partial charge in [-0.1, -0.05) is 6.92 Å². The SMILES string of the molecule is CCc1cc(C(=O)Nc2ccc(O)cc2F)n(CC)n1. The van der Waals surface area contributed by atoms with Gasteiger partial charge in [-0.25, -0.2) is 4.39 Å². The van der Waals surface area contributed by atoms with Gasteiger partial charge in [0.05, 0.1) is 11.4 Å². The molecule has 2 aromatic rings. The van der Waals surface area contributed by atoms with Crippen LogP contribution in [0.4, 0.5) is 10.1 Å². The number of nitrogens with zero attached hydrogens (tertiary/aromatic N) is 2. The Bertz CT molecular complexity index is 637. The molecule has 1 aromatic carbocycles. The molecule has 0 atom stereocenters. The first kappa shape index (κ1) is 14.0. The van der Waals surface area contributed by atoms with Crippen LogP contribution < -0.4 is 5.32 Å². The maximum atomic E-state index is 13.6. The summed E-state index contributed by atoms with van der Waals surface area (Å²) in [4.78, 5) is 12.2. The second-order valence-corrected chi connectivity index (χ2v) is 4.31. The molecule has 0 unspecified atom stereocenters. The van der Waals surface area contributed by atoms with Crippen molar-refractivity contribution >= 4 is 11.6 Å². The van der Waals surface area contributed by atoms with Gasteiger partial charge in [-0.15, -0.1) is 0 Å². The van der Waals surface area contributed by atoms with Crippen molar-refractivity contribution in [1.29, 1.82) is 0 Å². The third-order valence-electron chi connectivity index (χ3n) is 2.93. The summed E-state index contributed by atoms with van der Waals surface area (Å²) in [5, 5.41) is 15.9. The second-order valence-electron chi connectivity index (χ2n) is 4.31. The number of aryl methyl sites for hydroxylation is 2. The number of amides is 1. The topological polar surface area (TPSA) is 67.2 Å². The molecule has 0 aliphatic heterocycles. The smallest absolute Gasteiger partial charge is 0.274 e. The van der Waals surface area contributed by atoms with Crippen molar-refractivity contribution in [3.63, 3.8) is 0 Å². The molecule has 1 aromatic heterocycles. The molecule has 0 aliphatic carbocycles. The summed E-state index contributed by atoms with van der Waals surface area (Å²) >= 11 is 0. The molecular weight excluding hydrogens is 261 g/mol. The van der Waals surface area contributed by atoms with Gasteiger partial charge in [-0.2, -0.15) is 5.10 Å². The van der Waals surface area contributed by atoms with Crippen LogP contribution in [0.25, 0.3) is 0 Å². The number of benzene rings is 1. The molecule has 0 saturated heterocycles. The third-order valence-corrected chi connectivity index (χ3v) is 2.93. The molecule has 2 rings (SSSR count). The Morgan fingerprint density at radius 2 is 2.15 bits per heavy atom. The average Bonchev–Trinajstić information content (AvgIpc) is 2.85. The quantitative estimate of drug-likeness (QED) is 0.844. The minimum atomic E-state index is -0.684. The molecule has 6 heteroatoms. The van der Waals surface area contributed by atoms with Gasteiger partial charge in [0.1, 0.15) is 17.3 Å². The van der Waals surface area contributed by atoms with Gasteiger partial charge >= 0.3 is 0 Å². The van der Waals surface area contributed by atoms with Crippen LogP contribution in [-0.2, 0) is 13.0 Å². The van der Waals surface area contributed by atoms with Crippen LogP contribution in [0.3, 0.4) is 0 Å². The van der Waals surface area contributed by atoms with E-state index in [1.807, 2.05) is 13.8 Å². The van der Waals surface area contributed by atoms with Gasteiger partial charge in [-0.3, -0.25) is 9.48 Å².